The van der Waals surface area contributed by atoms with Gasteiger partial charge in [0.15, 0.2) is 0 Å². The molecule has 1 aromatic heterocycles. The number of hydrogen-bond donors (Lipinski definition) is 0. The Morgan fingerprint density at radius 3 is 3.12 bits per heavy atom. The average Bonchev–Trinajstić information content (AvgIpc) is 2.72. The quantitative estimate of drug-likeness (QED) is 0.751. The van der Waals surface area contributed by atoms with Gasteiger partial charge in [-0.3, -0.25) is 4.79 Å². The molecule has 1 fully saturated rings. The third kappa shape index (κ3) is 2.82. The van der Waals surface area contributed by atoms with Crippen LogP contribution in [0.2, 0.25) is 5.28 Å². The molecular weight excluding hydrogens is 249 g/mol. The van der Waals surface area contributed by atoms with Gasteiger partial charge in [0.25, 0.3) is 5.88 Å². The molecule has 7 heteroatoms. The molecule has 0 saturated carbocycles. The van der Waals surface area contributed by atoms with Gasteiger partial charge in [-0.1, -0.05) is 0 Å². The van der Waals surface area contributed by atoms with Crippen molar-refractivity contribution in [2.45, 2.75) is 19.4 Å². The van der Waals surface area contributed by atoms with Gasteiger partial charge in [-0.05, 0) is 11.6 Å². The lowest BCUT2D eigenvalue weighted by Gasteiger charge is -2.15. The van der Waals surface area contributed by atoms with E-state index >= 15 is 0 Å². The monoisotopic (exact) mass is 259 g/mol. The van der Waals surface area contributed by atoms with E-state index in [2.05, 4.69) is 9.97 Å². The van der Waals surface area contributed by atoms with Crippen molar-refractivity contribution in [3.05, 3.63) is 17.3 Å². The molecule has 0 bridgehead atoms. The summed E-state index contributed by atoms with van der Waals surface area (Å²) in [7, 11) is 0. The van der Waals surface area contributed by atoms with E-state index in [4.69, 9.17) is 16.3 Å². The predicted molar refractivity (Wildman–Crippen MR) is 58.3 cm³/mol. The van der Waals surface area contributed by atoms with E-state index in [9.17, 15) is 9.18 Å². The van der Waals surface area contributed by atoms with Gasteiger partial charge in [-0.15, -0.1) is 0 Å². The second-order valence-corrected chi connectivity index (χ2v) is 4.12. The summed E-state index contributed by atoms with van der Waals surface area (Å²) >= 11 is 5.55. The maximum absolute atomic E-state index is 13.3. The number of rotatable bonds is 2. The lowest BCUT2D eigenvalue weighted by Crippen LogP contribution is -2.29. The summed E-state index contributed by atoms with van der Waals surface area (Å²) in [5, 5.41) is -0.0668. The first kappa shape index (κ1) is 12.0. The van der Waals surface area contributed by atoms with Crippen LogP contribution >= 0.6 is 11.6 Å². The number of likely N-dealkylation sites (tertiary alicyclic amines) is 1. The van der Waals surface area contributed by atoms with E-state index in [1.165, 1.54) is 6.92 Å². The van der Waals surface area contributed by atoms with E-state index in [1.807, 2.05) is 0 Å². The van der Waals surface area contributed by atoms with Crippen molar-refractivity contribution in [2.24, 2.45) is 0 Å². The third-order valence-corrected chi connectivity index (χ3v) is 2.73. The van der Waals surface area contributed by atoms with Crippen LogP contribution in [0.3, 0.4) is 0 Å². The van der Waals surface area contributed by atoms with Crippen LogP contribution in [0.25, 0.3) is 0 Å². The zero-order chi connectivity index (χ0) is 12.4. The Hall–Kier alpha value is -1.43. The molecule has 1 saturated heterocycles. The minimum atomic E-state index is -0.657. The molecule has 2 rings (SSSR count). The molecule has 1 unspecified atom stereocenters. The van der Waals surface area contributed by atoms with Crippen LogP contribution in [0.15, 0.2) is 6.20 Å². The second-order valence-electron chi connectivity index (χ2n) is 3.79. The molecule has 1 atom stereocenters. The number of ether oxygens (including phenoxy) is 1. The fraction of sp³-hybridized carbons (Fsp3) is 0.500. The van der Waals surface area contributed by atoms with Gasteiger partial charge in [0, 0.05) is 19.9 Å². The second kappa shape index (κ2) is 4.83. The Morgan fingerprint density at radius 2 is 2.47 bits per heavy atom. The Bertz CT molecular complexity index is 444. The van der Waals surface area contributed by atoms with Crippen molar-refractivity contribution in [3.63, 3.8) is 0 Å². The molecule has 0 N–H and O–H groups in total. The van der Waals surface area contributed by atoms with Gasteiger partial charge in [-0.2, -0.15) is 9.37 Å². The largest absolute Gasteiger partial charge is 0.470 e. The fourth-order valence-corrected chi connectivity index (χ4v) is 1.81. The van der Waals surface area contributed by atoms with Crippen LogP contribution < -0.4 is 4.74 Å². The number of amides is 1. The van der Waals surface area contributed by atoms with Crippen molar-refractivity contribution in [3.8, 4) is 5.88 Å². The number of carbonyl (C=O) groups is 1. The SMILES string of the molecule is CC(=O)N1CCC(Oc2nc(Cl)ncc2F)C1. The number of aromatic nitrogens is 2. The van der Waals surface area contributed by atoms with Crippen molar-refractivity contribution in [1.82, 2.24) is 14.9 Å². The van der Waals surface area contributed by atoms with Crippen LogP contribution in [-0.4, -0.2) is 40.0 Å². The molecule has 1 aliphatic rings. The summed E-state index contributed by atoms with van der Waals surface area (Å²) in [6, 6.07) is 0. The highest BCUT2D eigenvalue weighted by Crippen LogP contribution is 2.20. The summed E-state index contributed by atoms with van der Waals surface area (Å²) in [5.41, 5.74) is 0. The van der Waals surface area contributed by atoms with E-state index in [0.717, 1.165) is 6.20 Å². The molecule has 0 aromatic carbocycles. The van der Waals surface area contributed by atoms with Gasteiger partial charge in [0.1, 0.15) is 6.10 Å². The molecule has 5 nitrogen and oxygen atoms in total. The van der Waals surface area contributed by atoms with E-state index < -0.39 is 5.82 Å². The lowest BCUT2D eigenvalue weighted by atomic mass is 10.3. The smallest absolute Gasteiger partial charge is 0.255 e. The molecule has 92 valence electrons. The number of hydrogen-bond acceptors (Lipinski definition) is 4. The number of halogens is 2. The molecule has 0 aliphatic carbocycles. The fourth-order valence-electron chi connectivity index (χ4n) is 1.68. The van der Waals surface area contributed by atoms with Crippen LogP contribution in [0.1, 0.15) is 13.3 Å². The minimum absolute atomic E-state index is 0.0164. The van der Waals surface area contributed by atoms with Gasteiger partial charge < -0.3 is 9.64 Å². The summed E-state index contributed by atoms with van der Waals surface area (Å²) < 4.78 is 18.7. The van der Waals surface area contributed by atoms with Gasteiger partial charge >= 0.3 is 0 Å². The van der Waals surface area contributed by atoms with E-state index in [-0.39, 0.29) is 23.2 Å². The number of carbonyl (C=O) groups excluding carboxylic acids is 1. The molecule has 0 spiro atoms. The summed E-state index contributed by atoms with van der Waals surface area (Å²) in [5.74, 6) is -0.839. The predicted octanol–water partition coefficient (Wildman–Crippen LogP) is 1.27. The highest BCUT2D eigenvalue weighted by atomic mass is 35.5. The Kier molecular flexibility index (Phi) is 3.42. The van der Waals surface area contributed by atoms with E-state index in [0.29, 0.717) is 19.5 Å². The zero-order valence-electron chi connectivity index (χ0n) is 9.19. The van der Waals surface area contributed by atoms with E-state index in [1.54, 1.807) is 4.90 Å². The summed E-state index contributed by atoms with van der Waals surface area (Å²) in [4.78, 5) is 19.9. The summed E-state index contributed by atoms with van der Waals surface area (Å²) in [6.07, 6.45) is 1.36. The first-order chi connectivity index (χ1) is 8.06. The molecule has 0 radical (unpaired) electrons. The lowest BCUT2D eigenvalue weighted by molar-refractivity contribution is -0.128. The Balaban J connectivity index is 2.02. The molecule has 1 aromatic rings. The molecule has 1 aliphatic heterocycles. The van der Waals surface area contributed by atoms with Crippen LogP contribution in [0.4, 0.5) is 4.39 Å². The van der Waals surface area contributed by atoms with Gasteiger partial charge in [-0.25, -0.2) is 4.98 Å². The Labute approximate surface area is 103 Å². The molecule has 2 heterocycles. The molecular formula is C10H11ClFN3O2. The van der Waals surface area contributed by atoms with Crippen LogP contribution in [0.5, 0.6) is 5.88 Å². The van der Waals surface area contributed by atoms with Gasteiger partial charge in [0.2, 0.25) is 17.0 Å². The van der Waals surface area contributed by atoms with Crippen molar-refractivity contribution in [1.29, 1.82) is 0 Å². The first-order valence-electron chi connectivity index (χ1n) is 5.16. The summed E-state index contributed by atoms with van der Waals surface area (Å²) in [6.45, 7) is 2.54. The maximum atomic E-state index is 13.3. The first-order valence-corrected chi connectivity index (χ1v) is 5.54. The highest BCUT2D eigenvalue weighted by molar-refractivity contribution is 6.28. The average molecular weight is 260 g/mol. The standard InChI is InChI=1S/C10H11ClFN3O2/c1-6(16)15-3-2-7(5-15)17-9-8(12)4-13-10(11)14-9/h4,7H,2-3,5H2,1H3. The number of nitrogens with zero attached hydrogens (tertiary/aromatic N) is 3. The molecule has 1 amide bonds. The minimum Gasteiger partial charge on any atom is -0.470 e. The normalized spacial score (nSPS) is 19.5. The highest BCUT2D eigenvalue weighted by Gasteiger charge is 2.26. The zero-order valence-corrected chi connectivity index (χ0v) is 9.95. The third-order valence-electron chi connectivity index (χ3n) is 2.55. The Morgan fingerprint density at radius 1 is 1.71 bits per heavy atom. The van der Waals surface area contributed by atoms with Gasteiger partial charge in [0.05, 0.1) is 12.7 Å². The van der Waals surface area contributed by atoms with Crippen molar-refractivity contribution < 1.29 is 13.9 Å². The molecule has 17 heavy (non-hydrogen) atoms. The van der Waals surface area contributed by atoms with Crippen LogP contribution in [0, 0.1) is 5.82 Å². The maximum Gasteiger partial charge on any atom is 0.255 e. The van der Waals surface area contributed by atoms with Crippen molar-refractivity contribution >= 4 is 17.5 Å². The van der Waals surface area contributed by atoms with Crippen LogP contribution in [-0.2, 0) is 4.79 Å². The topological polar surface area (TPSA) is 55.3 Å². The van der Waals surface area contributed by atoms with Crippen molar-refractivity contribution in [2.75, 3.05) is 13.1 Å².